The summed E-state index contributed by atoms with van der Waals surface area (Å²) < 4.78 is 10.7. The first-order valence-corrected chi connectivity index (χ1v) is 9.10. The monoisotopic (exact) mass is 382 g/mol. The van der Waals surface area contributed by atoms with Crippen LogP contribution in [-0.4, -0.2) is 66.4 Å². The van der Waals surface area contributed by atoms with Crippen LogP contribution in [0.1, 0.15) is 18.4 Å². The molecule has 2 saturated heterocycles. The Morgan fingerprint density at radius 3 is 2.81 bits per heavy atom. The lowest BCUT2D eigenvalue weighted by molar-refractivity contribution is -0.143. The highest BCUT2D eigenvalue weighted by Gasteiger charge is 2.38. The van der Waals surface area contributed by atoms with Crippen molar-refractivity contribution in [3.8, 4) is 0 Å². The highest BCUT2D eigenvalue weighted by Crippen LogP contribution is 2.19. The van der Waals surface area contributed by atoms with E-state index < -0.39 is 12.1 Å². The SMILES string of the molecule is O=C(NCc1ccc(Cl)cc1)[C@@H]1C[C@@H](O)CN1C(=O)CO[C@H]1CCOC1. The molecule has 0 radical (unpaired) electrons. The zero-order valence-electron chi connectivity index (χ0n) is 14.4. The van der Waals surface area contributed by atoms with Crippen molar-refractivity contribution in [1.82, 2.24) is 10.2 Å². The molecule has 142 valence electrons. The van der Waals surface area contributed by atoms with E-state index in [1.165, 1.54) is 4.90 Å². The number of aliphatic hydroxyl groups is 1. The Bertz CT molecular complexity index is 633. The van der Waals surface area contributed by atoms with Crippen LogP contribution in [0.4, 0.5) is 0 Å². The number of carbonyl (C=O) groups excluding carboxylic acids is 2. The summed E-state index contributed by atoms with van der Waals surface area (Å²) in [5, 5.41) is 13.4. The summed E-state index contributed by atoms with van der Waals surface area (Å²) in [7, 11) is 0. The van der Waals surface area contributed by atoms with E-state index >= 15 is 0 Å². The number of likely N-dealkylation sites (tertiary alicyclic amines) is 1. The lowest BCUT2D eigenvalue weighted by Gasteiger charge is -2.24. The molecule has 2 aliphatic rings. The van der Waals surface area contributed by atoms with Gasteiger partial charge in [-0.2, -0.15) is 0 Å². The van der Waals surface area contributed by atoms with Gasteiger partial charge in [0.05, 0.1) is 18.8 Å². The first-order chi connectivity index (χ1) is 12.5. The summed E-state index contributed by atoms with van der Waals surface area (Å²) in [5.41, 5.74) is 0.906. The molecule has 8 heteroatoms. The number of nitrogens with one attached hydrogen (secondary N) is 1. The third kappa shape index (κ3) is 4.94. The van der Waals surface area contributed by atoms with Crippen LogP contribution in [0.25, 0.3) is 0 Å². The van der Waals surface area contributed by atoms with E-state index in [2.05, 4.69) is 5.32 Å². The third-order valence-electron chi connectivity index (χ3n) is 4.61. The van der Waals surface area contributed by atoms with Gasteiger partial charge in [-0.1, -0.05) is 23.7 Å². The van der Waals surface area contributed by atoms with Crippen LogP contribution in [-0.2, 0) is 25.6 Å². The topological polar surface area (TPSA) is 88.1 Å². The molecule has 0 unspecified atom stereocenters. The molecule has 0 aliphatic carbocycles. The number of aliphatic hydroxyl groups excluding tert-OH is 1. The smallest absolute Gasteiger partial charge is 0.249 e. The molecule has 0 aromatic heterocycles. The number of carbonyl (C=O) groups is 2. The second kappa shape index (κ2) is 8.81. The fourth-order valence-electron chi connectivity index (χ4n) is 3.16. The molecule has 3 rings (SSSR count). The molecule has 2 aliphatic heterocycles. The van der Waals surface area contributed by atoms with E-state index in [-0.39, 0.29) is 37.5 Å². The fraction of sp³-hybridized carbons (Fsp3) is 0.556. The van der Waals surface area contributed by atoms with Gasteiger partial charge in [0, 0.05) is 31.1 Å². The highest BCUT2D eigenvalue weighted by molar-refractivity contribution is 6.30. The molecule has 0 spiro atoms. The molecule has 2 amide bonds. The van der Waals surface area contributed by atoms with Crippen LogP contribution >= 0.6 is 11.6 Å². The van der Waals surface area contributed by atoms with Gasteiger partial charge < -0.3 is 24.8 Å². The van der Waals surface area contributed by atoms with Crippen molar-refractivity contribution in [3.63, 3.8) is 0 Å². The van der Waals surface area contributed by atoms with E-state index in [1.54, 1.807) is 12.1 Å². The summed E-state index contributed by atoms with van der Waals surface area (Å²) in [4.78, 5) is 26.3. The molecular formula is C18H23ClN2O5. The van der Waals surface area contributed by atoms with Crippen LogP contribution in [0.5, 0.6) is 0 Å². The van der Waals surface area contributed by atoms with E-state index in [0.717, 1.165) is 12.0 Å². The van der Waals surface area contributed by atoms with Gasteiger partial charge in [-0.15, -0.1) is 0 Å². The number of nitrogens with zero attached hydrogens (tertiary/aromatic N) is 1. The average Bonchev–Trinajstić information content (AvgIpc) is 3.28. The molecule has 7 nitrogen and oxygen atoms in total. The second-order valence-electron chi connectivity index (χ2n) is 6.59. The number of hydrogen-bond donors (Lipinski definition) is 2. The minimum atomic E-state index is -0.708. The molecule has 1 aromatic rings. The van der Waals surface area contributed by atoms with E-state index in [4.69, 9.17) is 21.1 Å². The van der Waals surface area contributed by atoms with Crippen molar-refractivity contribution in [2.75, 3.05) is 26.4 Å². The van der Waals surface area contributed by atoms with Crippen LogP contribution in [0.15, 0.2) is 24.3 Å². The van der Waals surface area contributed by atoms with Crippen LogP contribution < -0.4 is 5.32 Å². The number of rotatable bonds is 6. The summed E-state index contributed by atoms with van der Waals surface area (Å²) in [6, 6.07) is 6.47. The van der Waals surface area contributed by atoms with Crippen molar-refractivity contribution in [2.24, 2.45) is 0 Å². The van der Waals surface area contributed by atoms with Crippen molar-refractivity contribution in [3.05, 3.63) is 34.9 Å². The Kier molecular flexibility index (Phi) is 6.48. The zero-order valence-corrected chi connectivity index (χ0v) is 15.2. The molecule has 1 aromatic carbocycles. The third-order valence-corrected chi connectivity index (χ3v) is 4.86. The molecule has 3 atom stereocenters. The lowest BCUT2D eigenvalue weighted by atomic mass is 10.1. The first kappa shape index (κ1) is 19.1. The van der Waals surface area contributed by atoms with Gasteiger partial charge in [-0.25, -0.2) is 0 Å². The maximum Gasteiger partial charge on any atom is 0.249 e. The number of halogens is 1. The maximum atomic E-state index is 12.5. The van der Waals surface area contributed by atoms with Gasteiger partial charge >= 0.3 is 0 Å². The Morgan fingerprint density at radius 2 is 2.12 bits per heavy atom. The predicted molar refractivity (Wildman–Crippen MR) is 94.6 cm³/mol. The summed E-state index contributed by atoms with van der Waals surface area (Å²) in [6.07, 6.45) is 0.203. The molecule has 0 bridgehead atoms. The van der Waals surface area contributed by atoms with Crippen LogP contribution in [0.3, 0.4) is 0 Å². The molecule has 2 fully saturated rings. The summed E-state index contributed by atoms with van der Waals surface area (Å²) in [5.74, 6) is -0.575. The van der Waals surface area contributed by atoms with E-state index in [0.29, 0.717) is 24.8 Å². The Labute approximate surface area is 157 Å². The highest BCUT2D eigenvalue weighted by atomic mass is 35.5. The number of ether oxygens (including phenoxy) is 2. The standard InChI is InChI=1S/C18H23ClN2O5/c19-13-3-1-12(2-4-13)8-20-18(24)16-7-14(22)9-21(16)17(23)11-26-15-5-6-25-10-15/h1-4,14-16,22H,5-11H2,(H,20,24)/t14-,15+,16+/m1/s1. The van der Waals surface area contributed by atoms with Crippen LogP contribution in [0, 0.1) is 0 Å². The van der Waals surface area contributed by atoms with E-state index in [1.807, 2.05) is 12.1 Å². The Balaban J connectivity index is 1.52. The summed E-state index contributed by atoms with van der Waals surface area (Å²) in [6.45, 7) is 1.49. The molecule has 2 heterocycles. The second-order valence-corrected chi connectivity index (χ2v) is 7.03. The number of benzene rings is 1. The number of amides is 2. The number of hydrogen-bond acceptors (Lipinski definition) is 5. The fourth-order valence-corrected chi connectivity index (χ4v) is 3.29. The van der Waals surface area contributed by atoms with Gasteiger partial charge in [0.25, 0.3) is 0 Å². The van der Waals surface area contributed by atoms with Crippen molar-refractivity contribution >= 4 is 23.4 Å². The van der Waals surface area contributed by atoms with Gasteiger partial charge in [0.15, 0.2) is 0 Å². The normalized spacial score (nSPS) is 25.5. The van der Waals surface area contributed by atoms with E-state index in [9.17, 15) is 14.7 Å². The zero-order chi connectivity index (χ0) is 18.5. The summed E-state index contributed by atoms with van der Waals surface area (Å²) >= 11 is 5.85. The largest absolute Gasteiger partial charge is 0.391 e. The molecular weight excluding hydrogens is 360 g/mol. The maximum absolute atomic E-state index is 12.5. The van der Waals surface area contributed by atoms with Gasteiger partial charge in [-0.05, 0) is 24.1 Å². The Hall–Kier alpha value is -1.67. The quantitative estimate of drug-likeness (QED) is 0.757. The van der Waals surface area contributed by atoms with Crippen molar-refractivity contribution in [1.29, 1.82) is 0 Å². The molecule has 2 N–H and O–H groups in total. The van der Waals surface area contributed by atoms with Crippen LogP contribution in [0.2, 0.25) is 5.02 Å². The lowest BCUT2D eigenvalue weighted by Crippen LogP contribution is -2.47. The minimum absolute atomic E-state index is 0.0799. The average molecular weight is 383 g/mol. The molecule has 0 saturated carbocycles. The van der Waals surface area contributed by atoms with Gasteiger partial charge in [0.1, 0.15) is 12.6 Å². The molecule has 26 heavy (non-hydrogen) atoms. The van der Waals surface area contributed by atoms with Crippen molar-refractivity contribution < 1.29 is 24.2 Å². The van der Waals surface area contributed by atoms with Gasteiger partial charge in [0.2, 0.25) is 11.8 Å². The van der Waals surface area contributed by atoms with Crippen molar-refractivity contribution in [2.45, 2.75) is 37.6 Å². The first-order valence-electron chi connectivity index (χ1n) is 8.72. The Morgan fingerprint density at radius 1 is 1.35 bits per heavy atom. The minimum Gasteiger partial charge on any atom is -0.391 e. The predicted octanol–water partition coefficient (Wildman–Crippen LogP) is 0.723. The van der Waals surface area contributed by atoms with Gasteiger partial charge in [-0.3, -0.25) is 9.59 Å². The number of β-amino-alcohol motifs (C(OH)–C–C–N with tert-alkyl or cyclic N) is 1.